The van der Waals surface area contributed by atoms with E-state index in [1.807, 2.05) is 12.1 Å². The molecule has 4 aliphatic carbocycles. The van der Waals surface area contributed by atoms with Gasteiger partial charge in [0.25, 0.3) is 0 Å². The second kappa shape index (κ2) is 9.36. The van der Waals surface area contributed by atoms with Crippen LogP contribution in [0.4, 0.5) is 4.39 Å². The van der Waals surface area contributed by atoms with Gasteiger partial charge in [0.15, 0.2) is 0 Å². The molecule has 5 atom stereocenters. The third kappa shape index (κ3) is 4.45. The fraction of sp³-hybridized carbons (Fsp3) is 0.576. The monoisotopic (exact) mass is 502 g/mol. The zero-order chi connectivity index (χ0) is 25.8. The van der Waals surface area contributed by atoms with Gasteiger partial charge in [-0.05, 0) is 116 Å². The van der Waals surface area contributed by atoms with E-state index in [4.69, 9.17) is 0 Å². The van der Waals surface area contributed by atoms with E-state index in [0.29, 0.717) is 47.4 Å². The van der Waals surface area contributed by atoms with Crippen LogP contribution < -0.4 is 0 Å². The Labute approximate surface area is 219 Å². The number of phenolic OH excluding ortho intramolecular Hbond substituents is 1. The summed E-state index contributed by atoms with van der Waals surface area (Å²) in [6.07, 6.45) is 11.4. The van der Waals surface area contributed by atoms with Crippen molar-refractivity contribution in [2.45, 2.75) is 89.9 Å². The van der Waals surface area contributed by atoms with Gasteiger partial charge >= 0.3 is 0 Å². The Morgan fingerprint density at radius 2 is 1.84 bits per heavy atom. The summed E-state index contributed by atoms with van der Waals surface area (Å²) in [7, 11) is 0. The average molecular weight is 503 g/mol. The Balaban J connectivity index is 1.08. The van der Waals surface area contributed by atoms with Gasteiger partial charge in [-0.15, -0.1) is 0 Å². The lowest BCUT2D eigenvalue weighted by molar-refractivity contribution is -0.129. The molecule has 3 saturated carbocycles. The van der Waals surface area contributed by atoms with Gasteiger partial charge in [-0.25, -0.2) is 4.39 Å². The molecule has 196 valence electrons. The minimum atomic E-state index is -0.264. The van der Waals surface area contributed by atoms with Crippen LogP contribution in [0.2, 0.25) is 0 Å². The average Bonchev–Trinajstić information content (AvgIpc) is 3.63. The largest absolute Gasteiger partial charge is 0.508 e. The molecule has 0 spiro atoms. The molecule has 0 unspecified atom stereocenters. The highest BCUT2D eigenvalue weighted by Crippen LogP contribution is 2.62. The third-order valence-electron chi connectivity index (χ3n) is 10.8. The van der Waals surface area contributed by atoms with Crippen LogP contribution in [0, 0.1) is 34.4 Å². The predicted octanol–water partition coefficient (Wildman–Crippen LogP) is 7.34. The summed E-state index contributed by atoms with van der Waals surface area (Å²) >= 11 is 0. The van der Waals surface area contributed by atoms with Crippen molar-refractivity contribution in [3.8, 4) is 5.75 Å². The summed E-state index contributed by atoms with van der Waals surface area (Å²) in [6.45, 7) is 2.25. The fourth-order valence-corrected chi connectivity index (χ4v) is 8.56. The predicted molar refractivity (Wildman–Crippen MR) is 142 cm³/mol. The molecule has 6 rings (SSSR count). The lowest BCUT2D eigenvalue weighted by atomic mass is 9.54. The van der Waals surface area contributed by atoms with Crippen LogP contribution in [0.25, 0.3) is 0 Å². The van der Waals surface area contributed by atoms with E-state index in [2.05, 4.69) is 13.0 Å². The zero-order valence-electron chi connectivity index (χ0n) is 22.0. The number of hydrogen-bond acceptors (Lipinski definition) is 3. The first-order valence-electron chi connectivity index (χ1n) is 14.4. The number of ketones is 2. The van der Waals surface area contributed by atoms with Crippen molar-refractivity contribution in [2.75, 3.05) is 0 Å². The molecule has 4 aliphatic rings. The molecule has 0 amide bonds. The van der Waals surface area contributed by atoms with Gasteiger partial charge in [-0.2, -0.15) is 0 Å². The van der Waals surface area contributed by atoms with Crippen LogP contribution in [-0.4, -0.2) is 16.7 Å². The number of aromatic hydroxyl groups is 1. The molecule has 4 heteroatoms. The number of fused-ring (bicyclic) bond motifs is 5. The number of carbonyl (C=O) groups excluding carboxylic acids is 2. The number of unbranched alkanes of at least 4 members (excludes halogenated alkanes) is 1. The Kier molecular flexibility index (Phi) is 6.28. The molecule has 3 nitrogen and oxygen atoms in total. The smallest absolute Gasteiger partial charge is 0.143 e. The molecule has 0 bridgehead atoms. The number of rotatable bonds is 8. The molecular formula is C33H39FO3. The van der Waals surface area contributed by atoms with Crippen molar-refractivity contribution in [1.29, 1.82) is 0 Å². The van der Waals surface area contributed by atoms with Crippen molar-refractivity contribution in [2.24, 2.45) is 28.6 Å². The summed E-state index contributed by atoms with van der Waals surface area (Å²) < 4.78 is 13.2. The maximum atomic E-state index is 13.3. The number of benzene rings is 2. The number of Topliss-reactive ketones (excluding diaryl/α,β-unsaturated/α-hetero) is 2. The van der Waals surface area contributed by atoms with Gasteiger partial charge in [-0.3, -0.25) is 9.59 Å². The van der Waals surface area contributed by atoms with Gasteiger partial charge in [0.05, 0.1) is 0 Å². The molecule has 3 fully saturated rings. The number of hydrogen-bond donors (Lipinski definition) is 1. The van der Waals surface area contributed by atoms with Crippen molar-refractivity contribution in [3.63, 3.8) is 0 Å². The highest BCUT2D eigenvalue weighted by molar-refractivity contribution is 5.89. The molecule has 0 radical (unpaired) electrons. The van der Waals surface area contributed by atoms with E-state index in [9.17, 15) is 19.1 Å². The second-order valence-corrected chi connectivity index (χ2v) is 12.8. The van der Waals surface area contributed by atoms with Gasteiger partial charge in [-0.1, -0.05) is 38.0 Å². The molecule has 0 aromatic heterocycles. The van der Waals surface area contributed by atoms with E-state index in [0.717, 1.165) is 76.2 Å². The lowest BCUT2D eigenvalue weighted by Gasteiger charge is -2.50. The summed E-state index contributed by atoms with van der Waals surface area (Å²) in [5.41, 5.74) is 3.26. The summed E-state index contributed by atoms with van der Waals surface area (Å²) in [6, 6.07) is 12.2. The van der Waals surface area contributed by atoms with Crippen molar-refractivity contribution in [3.05, 3.63) is 65.0 Å². The van der Waals surface area contributed by atoms with E-state index >= 15 is 0 Å². The maximum absolute atomic E-state index is 13.3. The van der Waals surface area contributed by atoms with E-state index < -0.39 is 0 Å². The minimum Gasteiger partial charge on any atom is -0.508 e. The molecule has 37 heavy (non-hydrogen) atoms. The first-order chi connectivity index (χ1) is 17.8. The minimum absolute atomic E-state index is 0.164. The van der Waals surface area contributed by atoms with Crippen LogP contribution >= 0.6 is 0 Å². The van der Waals surface area contributed by atoms with Crippen LogP contribution in [-0.2, 0) is 22.4 Å². The number of aryl methyl sites for hydroxylation is 1. The zero-order valence-corrected chi connectivity index (χ0v) is 22.0. The normalized spacial score (nSPS) is 31.4. The molecular weight excluding hydrogens is 463 g/mol. The van der Waals surface area contributed by atoms with Crippen LogP contribution in [0.15, 0.2) is 42.5 Å². The summed E-state index contributed by atoms with van der Waals surface area (Å²) in [5, 5.41) is 9.97. The molecule has 1 N–H and O–H groups in total. The first kappa shape index (κ1) is 24.8. The van der Waals surface area contributed by atoms with Crippen LogP contribution in [0.5, 0.6) is 5.75 Å². The van der Waals surface area contributed by atoms with Gasteiger partial charge in [0.1, 0.15) is 23.1 Å². The Morgan fingerprint density at radius 1 is 1.05 bits per heavy atom. The van der Waals surface area contributed by atoms with Crippen LogP contribution in [0.1, 0.15) is 93.7 Å². The lowest BCUT2D eigenvalue weighted by Crippen LogP contribution is -2.44. The highest BCUT2D eigenvalue weighted by atomic mass is 19.1. The van der Waals surface area contributed by atoms with Crippen molar-refractivity contribution >= 4 is 11.6 Å². The highest BCUT2D eigenvalue weighted by Gasteiger charge is 2.58. The Hall–Kier alpha value is -2.49. The number of phenols is 1. The van der Waals surface area contributed by atoms with Gasteiger partial charge in [0.2, 0.25) is 0 Å². The van der Waals surface area contributed by atoms with Crippen LogP contribution in [0.3, 0.4) is 0 Å². The summed E-state index contributed by atoms with van der Waals surface area (Å²) in [4.78, 5) is 26.3. The molecule has 0 heterocycles. The molecule has 0 saturated heterocycles. The van der Waals surface area contributed by atoms with E-state index in [1.54, 1.807) is 12.1 Å². The van der Waals surface area contributed by atoms with Gasteiger partial charge in [0, 0.05) is 23.7 Å². The quantitative estimate of drug-likeness (QED) is 0.384. The maximum Gasteiger partial charge on any atom is 0.143 e. The number of halogens is 1. The van der Waals surface area contributed by atoms with E-state index in [1.165, 1.54) is 23.3 Å². The molecule has 0 aliphatic heterocycles. The Morgan fingerprint density at radius 3 is 2.59 bits per heavy atom. The standard InChI is InChI=1S/C33H39FO3/c1-32-15-13-27-26-12-10-25(35)19-22(26)7-11-28(27)31(32)23(20-29(32)36)4-2-3-14-33(16-17-33)30(37)18-21-5-8-24(34)9-6-21/h5-6,8-10,12,19,23,27-28,31,35H,2-4,7,11,13-18,20H2,1H3/t23-,27+,28+,31-,32+/m0/s1. The SMILES string of the molecule is C[C@]12CC[C@@H]3c4ccc(O)cc4CC[C@H]3[C@@H]1[C@@H](CCCCC1(C(=O)Cc3ccc(F)cc3)CC1)CC2=O. The van der Waals surface area contributed by atoms with Gasteiger partial charge < -0.3 is 5.11 Å². The molecule has 2 aromatic carbocycles. The summed E-state index contributed by atoms with van der Waals surface area (Å²) in [5.74, 6) is 2.85. The number of carbonyl (C=O) groups is 2. The molecule has 2 aromatic rings. The van der Waals surface area contributed by atoms with Crippen molar-refractivity contribution < 1.29 is 19.1 Å². The topological polar surface area (TPSA) is 54.4 Å². The van der Waals surface area contributed by atoms with Crippen molar-refractivity contribution in [1.82, 2.24) is 0 Å². The fourth-order valence-electron chi connectivity index (χ4n) is 8.56. The Bertz CT molecular complexity index is 1200. The third-order valence-corrected chi connectivity index (χ3v) is 10.8. The second-order valence-electron chi connectivity index (χ2n) is 12.8. The van der Waals surface area contributed by atoms with E-state index in [-0.39, 0.29) is 16.6 Å². The first-order valence-corrected chi connectivity index (χ1v) is 14.4.